The summed E-state index contributed by atoms with van der Waals surface area (Å²) >= 11 is 0. The van der Waals surface area contributed by atoms with E-state index in [1.54, 1.807) is 7.11 Å². The van der Waals surface area contributed by atoms with Crippen LogP contribution in [0.3, 0.4) is 0 Å². The Morgan fingerprint density at radius 3 is 2.68 bits per heavy atom. The van der Waals surface area contributed by atoms with E-state index in [1.807, 2.05) is 49.6 Å². The molecule has 3 rings (SSSR count). The number of benzene rings is 1. The first-order valence-corrected chi connectivity index (χ1v) is 10.4. The van der Waals surface area contributed by atoms with E-state index in [4.69, 9.17) is 14.2 Å². The lowest BCUT2D eigenvalue weighted by atomic mass is 9.96. The molecule has 0 amide bonds. The number of nitrogens with one attached hydrogen (secondary N) is 1. The van der Waals surface area contributed by atoms with Crippen molar-refractivity contribution in [3.63, 3.8) is 0 Å². The first kappa shape index (κ1) is 25.2. The smallest absolute Gasteiger partial charge is 0.219 e. The molecule has 1 aromatic heterocycles. The lowest BCUT2D eigenvalue weighted by Gasteiger charge is -2.26. The third kappa shape index (κ3) is 8.17. The van der Waals surface area contributed by atoms with Crippen LogP contribution in [0.5, 0.6) is 17.4 Å². The van der Waals surface area contributed by atoms with Crippen molar-refractivity contribution in [3.8, 4) is 17.4 Å². The van der Waals surface area contributed by atoms with Gasteiger partial charge >= 0.3 is 0 Å². The van der Waals surface area contributed by atoms with Gasteiger partial charge in [0.2, 0.25) is 5.88 Å². The number of hydrogen-bond donors (Lipinski definition) is 1. The van der Waals surface area contributed by atoms with Crippen LogP contribution >= 0.6 is 24.0 Å². The molecule has 0 spiro atoms. The van der Waals surface area contributed by atoms with Gasteiger partial charge in [-0.05, 0) is 42.9 Å². The molecule has 31 heavy (non-hydrogen) atoms. The summed E-state index contributed by atoms with van der Waals surface area (Å²) in [5, 5.41) is 3.41. The van der Waals surface area contributed by atoms with Gasteiger partial charge in [0.15, 0.2) is 5.96 Å². The largest absolute Gasteiger partial charge is 0.497 e. The van der Waals surface area contributed by atoms with Crippen LogP contribution in [0.15, 0.2) is 47.6 Å². The average molecular weight is 540 g/mol. The number of hydrogen-bond acceptors (Lipinski definition) is 5. The molecule has 0 aliphatic carbocycles. The average Bonchev–Trinajstić information content (AvgIpc) is 2.80. The van der Waals surface area contributed by atoms with Crippen molar-refractivity contribution in [1.82, 2.24) is 15.2 Å². The molecule has 1 aliphatic heterocycles. The molecule has 1 fully saturated rings. The Balaban J connectivity index is 0.00000341. The summed E-state index contributed by atoms with van der Waals surface area (Å²) in [4.78, 5) is 11.0. The zero-order valence-electron chi connectivity index (χ0n) is 18.5. The molecule has 1 aromatic carbocycles. The van der Waals surface area contributed by atoms with Gasteiger partial charge in [0.05, 0.1) is 7.11 Å². The van der Waals surface area contributed by atoms with Gasteiger partial charge in [0, 0.05) is 58.7 Å². The van der Waals surface area contributed by atoms with E-state index >= 15 is 0 Å². The molecule has 170 valence electrons. The Morgan fingerprint density at radius 1 is 1.23 bits per heavy atom. The maximum atomic E-state index is 5.80. The molecule has 0 atom stereocenters. The van der Waals surface area contributed by atoms with E-state index in [0.29, 0.717) is 18.2 Å². The van der Waals surface area contributed by atoms with Gasteiger partial charge in [-0.2, -0.15) is 0 Å². The predicted octanol–water partition coefficient (Wildman–Crippen LogP) is 4.32. The Hall–Kier alpha value is -2.07. The van der Waals surface area contributed by atoms with Gasteiger partial charge < -0.3 is 24.4 Å². The van der Waals surface area contributed by atoms with E-state index in [0.717, 1.165) is 55.8 Å². The van der Waals surface area contributed by atoms with Crippen molar-refractivity contribution in [2.75, 3.05) is 41.0 Å². The van der Waals surface area contributed by atoms with Crippen LogP contribution < -0.4 is 14.8 Å². The summed E-state index contributed by atoms with van der Waals surface area (Å²) in [7, 11) is 5.53. The summed E-state index contributed by atoms with van der Waals surface area (Å²) in [5.74, 6) is 3.63. The predicted molar refractivity (Wildman–Crippen MR) is 134 cm³/mol. The molecular weight excluding hydrogens is 507 g/mol. The number of ether oxygens (including phenoxy) is 3. The Kier molecular flexibility index (Phi) is 10.9. The number of aliphatic imine (C=N–C) groups is 1. The highest BCUT2D eigenvalue weighted by Gasteiger charge is 2.15. The lowest BCUT2D eigenvalue weighted by molar-refractivity contribution is 0.0625. The molecule has 2 aromatic rings. The van der Waals surface area contributed by atoms with Gasteiger partial charge in [-0.25, -0.2) is 4.98 Å². The quantitative estimate of drug-likeness (QED) is 0.306. The highest BCUT2D eigenvalue weighted by molar-refractivity contribution is 14.0. The molecule has 0 radical (unpaired) electrons. The number of methoxy groups -OCH3 is 1. The van der Waals surface area contributed by atoms with Crippen molar-refractivity contribution < 1.29 is 14.2 Å². The Bertz CT molecular complexity index is 811. The van der Waals surface area contributed by atoms with Crippen LogP contribution in [0.1, 0.15) is 24.8 Å². The van der Waals surface area contributed by atoms with Crippen LogP contribution in [-0.2, 0) is 11.3 Å². The summed E-state index contributed by atoms with van der Waals surface area (Å²) < 4.78 is 16.5. The second kappa shape index (κ2) is 13.4. The first-order valence-electron chi connectivity index (χ1n) is 10.4. The SMILES string of the molecule is CN=C(NCc1ccc(Oc2cccc(OC)c2)nc1)N(C)CCC1CCOCC1.I. The van der Waals surface area contributed by atoms with Crippen LogP contribution in [0.4, 0.5) is 0 Å². The van der Waals surface area contributed by atoms with E-state index in [-0.39, 0.29) is 24.0 Å². The van der Waals surface area contributed by atoms with Crippen molar-refractivity contribution in [3.05, 3.63) is 48.2 Å². The van der Waals surface area contributed by atoms with Crippen LogP contribution in [0.25, 0.3) is 0 Å². The van der Waals surface area contributed by atoms with Gasteiger partial charge in [-0.1, -0.05) is 12.1 Å². The van der Waals surface area contributed by atoms with Crippen LogP contribution in [0.2, 0.25) is 0 Å². The molecule has 1 N–H and O–H groups in total. The van der Waals surface area contributed by atoms with Crippen molar-refractivity contribution in [2.24, 2.45) is 10.9 Å². The summed E-state index contributed by atoms with van der Waals surface area (Å²) in [6, 6.07) is 11.3. The maximum absolute atomic E-state index is 5.80. The van der Waals surface area contributed by atoms with Gasteiger partial charge in [0.1, 0.15) is 11.5 Å². The number of rotatable bonds is 8. The minimum Gasteiger partial charge on any atom is -0.497 e. The third-order valence-electron chi connectivity index (χ3n) is 5.30. The molecule has 0 bridgehead atoms. The van der Waals surface area contributed by atoms with Crippen molar-refractivity contribution in [1.29, 1.82) is 0 Å². The van der Waals surface area contributed by atoms with Crippen molar-refractivity contribution >= 4 is 29.9 Å². The second-order valence-electron chi connectivity index (χ2n) is 7.45. The normalized spacial score (nSPS) is 14.5. The van der Waals surface area contributed by atoms with E-state index in [1.165, 1.54) is 6.42 Å². The van der Waals surface area contributed by atoms with E-state index < -0.39 is 0 Å². The minimum atomic E-state index is 0. The van der Waals surface area contributed by atoms with Crippen LogP contribution in [0, 0.1) is 5.92 Å². The van der Waals surface area contributed by atoms with E-state index in [2.05, 4.69) is 27.2 Å². The monoisotopic (exact) mass is 540 g/mol. The van der Waals surface area contributed by atoms with Gasteiger partial charge in [0.25, 0.3) is 0 Å². The summed E-state index contributed by atoms with van der Waals surface area (Å²) in [6.45, 7) is 3.42. The summed E-state index contributed by atoms with van der Waals surface area (Å²) in [6.07, 6.45) is 5.31. The fraction of sp³-hybridized carbons (Fsp3) is 0.478. The zero-order valence-corrected chi connectivity index (χ0v) is 20.9. The molecule has 1 aliphatic rings. The van der Waals surface area contributed by atoms with Gasteiger partial charge in [-0.15, -0.1) is 24.0 Å². The van der Waals surface area contributed by atoms with Gasteiger partial charge in [-0.3, -0.25) is 4.99 Å². The Labute approximate surface area is 202 Å². The molecule has 7 nitrogen and oxygen atoms in total. The molecule has 0 unspecified atom stereocenters. The van der Waals surface area contributed by atoms with Crippen molar-refractivity contribution in [2.45, 2.75) is 25.8 Å². The lowest BCUT2D eigenvalue weighted by Crippen LogP contribution is -2.39. The number of aromatic nitrogens is 1. The van der Waals surface area contributed by atoms with Crippen LogP contribution in [-0.4, -0.2) is 56.8 Å². The standard InChI is InChI=1S/C23H32N4O3.HI/c1-24-23(27(2)12-9-18-10-13-29-14-11-18)26-17-19-7-8-22(25-16-19)30-21-6-4-5-20(15-21)28-3;/h4-8,15-16,18H,9-14,17H2,1-3H3,(H,24,26);1H. The Morgan fingerprint density at radius 2 is 2.00 bits per heavy atom. The zero-order chi connectivity index (χ0) is 21.2. The second-order valence-corrected chi connectivity index (χ2v) is 7.45. The maximum Gasteiger partial charge on any atom is 0.219 e. The summed E-state index contributed by atoms with van der Waals surface area (Å²) in [5.41, 5.74) is 1.06. The third-order valence-corrected chi connectivity index (χ3v) is 5.30. The molecule has 1 saturated heterocycles. The fourth-order valence-corrected chi connectivity index (χ4v) is 3.44. The minimum absolute atomic E-state index is 0. The highest BCUT2D eigenvalue weighted by Crippen LogP contribution is 2.24. The molecule has 2 heterocycles. The molecule has 0 saturated carbocycles. The molecular formula is C23H33IN4O3. The molecule has 8 heteroatoms. The number of pyridine rings is 1. The number of halogens is 1. The fourth-order valence-electron chi connectivity index (χ4n) is 3.44. The van der Waals surface area contributed by atoms with E-state index in [9.17, 15) is 0 Å². The number of guanidine groups is 1. The first-order chi connectivity index (χ1) is 14.7. The topological polar surface area (TPSA) is 68.2 Å². The highest BCUT2D eigenvalue weighted by atomic mass is 127. The number of nitrogens with zero attached hydrogens (tertiary/aromatic N) is 3.